The predicted molar refractivity (Wildman–Crippen MR) is 69.4 cm³/mol. The molecule has 0 aliphatic carbocycles. The third-order valence-electron chi connectivity index (χ3n) is 3.11. The Morgan fingerprint density at radius 1 is 0.706 bits per heavy atom. The summed E-state index contributed by atoms with van der Waals surface area (Å²) in [5, 5.41) is 19.2. The van der Waals surface area contributed by atoms with E-state index >= 15 is 0 Å². The van der Waals surface area contributed by atoms with E-state index in [0.717, 1.165) is 16.7 Å². The van der Waals surface area contributed by atoms with Crippen LogP contribution >= 0.6 is 0 Å². The number of hydrogen-bond donors (Lipinski definition) is 2. The number of hydrogen-bond acceptors (Lipinski definition) is 2. The van der Waals surface area contributed by atoms with Crippen molar-refractivity contribution in [1.29, 1.82) is 0 Å². The lowest BCUT2D eigenvalue weighted by molar-refractivity contribution is 0.452. The average Bonchev–Trinajstić information content (AvgIpc) is 2.24. The summed E-state index contributed by atoms with van der Waals surface area (Å²) in [4.78, 5) is 0. The number of phenols is 2. The van der Waals surface area contributed by atoms with Crippen molar-refractivity contribution in [2.24, 2.45) is 0 Å². The molecule has 0 spiro atoms. The number of rotatable bonds is 1. The molecule has 0 unspecified atom stereocenters. The largest absolute Gasteiger partial charge is 0.508 e. The van der Waals surface area contributed by atoms with E-state index in [9.17, 15) is 10.2 Å². The van der Waals surface area contributed by atoms with Crippen LogP contribution in [0.25, 0.3) is 11.1 Å². The normalized spacial score (nSPS) is 10.5. The Morgan fingerprint density at radius 3 is 2.00 bits per heavy atom. The molecule has 17 heavy (non-hydrogen) atoms. The van der Waals surface area contributed by atoms with Crippen LogP contribution in [-0.2, 0) is 0 Å². The van der Waals surface area contributed by atoms with Crippen molar-refractivity contribution < 1.29 is 10.2 Å². The molecule has 0 radical (unpaired) electrons. The van der Waals surface area contributed by atoms with Gasteiger partial charge in [0.15, 0.2) is 0 Å². The molecule has 88 valence electrons. The highest BCUT2D eigenvalue weighted by Crippen LogP contribution is 2.34. The molecule has 0 aliphatic rings. The molecule has 0 aliphatic heterocycles. The fourth-order valence-corrected chi connectivity index (χ4v) is 2.00. The minimum Gasteiger partial charge on any atom is -0.508 e. The Labute approximate surface area is 101 Å². The SMILES string of the molecule is Cc1cc(C)c(-c2ccc(O)cc2O)cc1C. The van der Waals surface area contributed by atoms with E-state index in [-0.39, 0.29) is 11.5 Å². The van der Waals surface area contributed by atoms with Gasteiger partial charge in [-0.3, -0.25) is 0 Å². The van der Waals surface area contributed by atoms with Crippen LogP contribution in [0.3, 0.4) is 0 Å². The van der Waals surface area contributed by atoms with Crippen LogP contribution in [-0.4, -0.2) is 10.2 Å². The van der Waals surface area contributed by atoms with Crippen LogP contribution < -0.4 is 0 Å². The molecule has 0 fully saturated rings. The molecule has 0 saturated carbocycles. The Balaban J connectivity index is 2.64. The zero-order valence-electron chi connectivity index (χ0n) is 10.3. The summed E-state index contributed by atoms with van der Waals surface area (Å²) in [6, 6.07) is 8.86. The van der Waals surface area contributed by atoms with E-state index in [0.29, 0.717) is 0 Å². The van der Waals surface area contributed by atoms with Crippen LogP contribution in [0.2, 0.25) is 0 Å². The molecule has 2 nitrogen and oxygen atoms in total. The van der Waals surface area contributed by atoms with E-state index in [2.05, 4.69) is 26.0 Å². The maximum atomic E-state index is 9.87. The van der Waals surface area contributed by atoms with Crippen molar-refractivity contribution >= 4 is 0 Å². The van der Waals surface area contributed by atoms with Crippen molar-refractivity contribution in [3.05, 3.63) is 47.0 Å². The smallest absolute Gasteiger partial charge is 0.127 e. The lowest BCUT2D eigenvalue weighted by Crippen LogP contribution is -1.89. The van der Waals surface area contributed by atoms with Gasteiger partial charge in [0.1, 0.15) is 11.5 Å². The van der Waals surface area contributed by atoms with Crippen LogP contribution in [0.5, 0.6) is 11.5 Å². The zero-order valence-corrected chi connectivity index (χ0v) is 10.3. The van der Waals surface area contributed by atoms with Gasteiger partial charge in [-0.1, -0.05) is 12.1 Å². The van der Waals surface area contributed by atoms with Crippen LogP contribution in [0.15, 0.2) is 30.3 Å². The van der Waals surface area contributed by atoms with Crippen LogP contribution in [0.4, 0.5) is 0 Å². The van der Waals surface area contributed by atoms with Gasteiger partial charge < -0.3 is 10.2 Å². The molecular formula is C15H16O2. The highest BCUT2D eigenvalue weighted by molar-refractivity contribution is 5.74. The van der Waals surface area contributed by atoms with Crippen molar-refractivity contribution in [3.63, 3.8) is 0 Å². The molecule has 2 heteroatoms. The van der Waals surface area contributed by atoms with Gasteiger partial charge in [-0.2, -0.15) is 0 Å². The highest BCUT2D eigenvalue weighted by atomic mass is 16.3. The Hall–Kier alpha value is -1.96. The van der Waals surface area contributed by atoms with Gasteiger partial charge in [0.2, 0.25) is 0 Å². The van der Waals surface area contributed by atoms with E-state index in [1.807, 2.05) is 6.92 Å². The number of aryl methyl sites for hydroxylation is 3. The summed E-state index contributed by atoms with van der Waals surface area (Å²) >= 11 is 0. The second-order valence-electron chi connectivity index (χ2n) is 4.45. The molecule has 0 saturated heterocycles. The first kappa shape index (κ1) is 11.5. The molecule has 2 aromatic carbocycles. The molecule has 0 aromatic heterocycles. The lowest BCUT2D eigenvalue weighted by Gasteiger charge is -2.11. The maximum Gasteiger partial charge on any atom is 0.127 e. The standard InChI is InChI=1S/C15H16O2/c1-9-6-11(3)14(7-10(9)2)13-5-4-12(16)8-15(13)17/h4-8,16-17H,1-3H3. The van der Waals surface area contributed by atoms with Crippen molar-refractivity contribution in [2.45, 2.75) is 20.8 Å². The minimum atomic E-state index is 0.0766. The van der Waals surface area contributed by atoms with E-state index < -0.39 is 0 Å². The topological polar surface area (TPSA) is 40.5 Å². The summed E-state index contributed by atoms with van der Waals surface area (Å²) in [6.45, 7) is 6.15. The molecule has 0 amide bonds. The Morgan fingerprint density at radius 2 is 1.35 bits per heavy atom. The highest BCUT2D eigenvalue weighted by Gasteiger charge is 2.09. The lowest BCUT2D eigenvalue weighted by atomic mass is 9.95. The van der Waals surface area contributed by atoms with Gasteiger partial charge in [-0.15, -0.1) is 0 Å². The number of aromatic hydroxyl groups is 2. The summed E-state index contributed by atoms with van der Waals surface area (Å²) < 4.78 is 0. The summed E-state index contributed by atoms with van der Waals surface area (Å²) in [5.74, 6) is 0.184. The molecule has 2 rings (SSSR count). The van der Waals surface area contributed by atoms with Crippen molar-refractivity contribution in [2.75, 3.05) is 0 Å². The second kappa shape index (κ2) is 4.13. The first-order valence-corrected chi connectivity index (χ1v) is 5.59. The zero-order chi connectivity index (χ0) is 12.6. The third-order valence-corrected chi connectivity index (χ3v) is 3.11. The third kappa shape index (κ3) is 2.11. The van der Waals surface area contributed by atoms with Gasteiger partial charge in [0, 0.05) is 11.6 Å². The Bertz CT molecular complexity index is 571. The average molecular weight is 228 g/mol. The number of phenolic OH excluding ortho intramolecular Hbond substituents is 2. The molecular weight excluding hydrogens is 212 g/mol. The fraction of sp³-hybridized carbons (Fsp3) is 0.200. The van der Waals surface area contributed by atoms with Crippen LogP contribution in [0, 0.1) is 20.8 Å². The maximum absolute atomic E-state index is 9.87. The predicted octanol–water partition coefficient (Wildman–Crippen LogP) is 3.69. The van der Waals surface area contributed by atoms with Crippen molar-refractivity contribution in [3.8, 4) is 22.6 Å². The summed E-state index contributed by atoms with van der Waals surface area (Å²) in [5.41, 5.74) is 5.31. The second-order valence-corrected chi connectivity index (χ2v) is 4.45. The van der Waals surface area contributed by atoms with Crippen LogP contribution in [0.1, 0.15) is 16.7 Å². The Kier molecular flexibility index (Phi) is 2.80. The van der Waals surface area contributed by atoms with E-state index in [4.69, 9.17) is 0 Å². The van der Waals surface area contributed by atoms with Gasteiger partial charge in [0.05, 0.1) is 0 Å². The van der Waals surface area contributed by atoms with Crippen molar-refractivity contribution in [1.82, 2.24) is 0 Å². The van der Waals surface area contributed by atoms with E-state index in [1.165, 1.54) is 17.2 Å². The van der Waals surface area contributed by atoms with Gasteiger partial charge in [0.25, 0.3) is 0 Å². The molecule has 0 atom stereocenters. The fourth-order valence-electron chi connectivity index (χ4n) is 2.00. The van der Waals surface area contributed by atoms with Gasteiger partial charge >= 0.3 is 0 Å². The molecule has 2 N–H and O–H groups in total. The monoisotopic (exact) mass is 228 g/mol. The first-order chi connectivity index (χ1) is 7.99. The quantitative estimate of drug-likeness (QED) is 0.781. The molecule has 2 aromatic rings. The van der Waals surface area contributed by atoms with Gasteiger partial charge in [-0.25, -0.2) is 0 Å². The minimum absolute atomic E-state index is 0.0766. The molecule has 0 bridgehead atoms. The number of benzene rings is 2. The van der Waals surface area contributed by atoms with E-state index in [1.54, 1.807) is 12.1 Å². The summed E-state index contributed by atoms with van der Waals surface area (Å²) in [7, 11) is 0. The first-order valence-electron chi connectivity index (χ1n) is 5.59. The molecule has 0 heterocycles. The van der Waals surface area contributed by atoms with Gasteiger partial charge in [-0.05, 0) is 55.2 Å². The summed E-state index contributed by atoms with van der Waals surface area (Å²) in [6.07, 6.45) is 0.